The minimum absolute atomic E-state index is 0.0173. The monoisotopic (exact) mass is 233 g/mol. The SMILES string of the molecule is CCCC(C)(C)Nc1nccn2c(C)nnc12. The molecule has 5 heteroatoms. The molecule has 0 aromatic carbocycles. The molecule has 0 fully saturated rings. The van der Waals surface area contributed by atoms with Gasteiger partial charge in [0.15, 0.2) is 5.82 Å². The molecule has 0 aliphatic rings. The van der Waals surface area contributed by atoms with Crippen molar-refractivity contribution < 1.29 is 0 Å². The minimum Gasteiger partial charge on any atom is -0.362 e. The van der Waals surface area contributed by atoms with Crippen LogP contribution in [0, 0.1) is 6.92 Å². The van der Waals surface area contributed by atoms with Crippen molar-refractivity contribution in [3.8, 4) is 0 Å². The summed E-state index contributed by atoms with van der Waals surface area (Å²) in [6.45, 7) is 8.45. The van der Waals surface area contributed by atoms with Gasteiger partial charge in [-0.1, -0.05) is 13.3 Å². The fourth-order valence-electron chi connectivity index (χ4n) is 2.04. The van der Waals surface area contributed by atoms with Crippen LogP contribution in [-0.2, 0) is 0 Å². The van der Waals surface area contributed by atoms with E-state index in [1.54, 1.807) is 6.20 Å². The van der Waals surface area contributed by atoms with Crippen molar-refractivity contribution in [2.45, 2.75) is 46.1 Å². The number of aryl methyl sites for hydroxylation is 1. The lowest BCUT2D eigenvalue weighted by Crippen LogP contribution is -2.31. The molecule has 0 bridgehead atoms. The summed E-state index contributed by atoms with van der Waals surface area (Å²) in [7, 11) is 0. The maximum Gasteiger partial charge on any atom is 0.203 e. The van der Waals surface area contributed by atoms with E-state index in [2.05, 4.69) is 41.3 Å². The van der Waals surface area contributed by atoms with Gasteiger partial charge in [0.1, 0.15) is 5.82 Å². The summed E-state index contributed by atoms with van der Waals surface area (Å²) >= 11 is 0. The Morgan fingerprint density at radius 3 is 2.82 bits per heavy atom. The number of hydrogen-bond acceptors (Lipinski definition) is 4. The maximum atomic E-state index is 4.35. The van der Waals surface area contributed by atoms with E-state index in [0.717, 1.165) is 30.1 Å². The molecule has 2 aromatic rings. The molecule has 0 aliphatic heterocycles. The van der Waals surface area contributed by atoms with Crippen LogP contribution in [-0.4, -0.2) is 25.1 Å². The number of nitrogens with zero attached hydrogens (tertiary/aromatic N) is 4. The highest BCUT2D eigenvalue weighted by atomic mass is 15.3. The summed E-state index contributed by atoms with van der Waals surface area (Å²) < 4.78 is 1.94. The van der Waals surface area contributed by atoms with Crippen LogP contribution in [0.1, 0.15) is 39.4 Å². The molecule has 0 atom stereocenters. The van der Waals surface area contributed by atoms with Crippen LogP contribution >= 0.6 is 0 Å². The molecule has 92 valence electrons. The number of anilines is 1. The van der Waals surface area contributed by atoms with Crippen molar-refractivity contribution in [2.24, 2.45) is 0 Å². The first-order valence-electron chi connectivity index (χ1n) is 5.98. The lowest BCUT2D eigenvalue weighted by atomic mass is 9.99. The van der Waals surface area contributed by atoms with Gasteiger partial charge in [-0.25, -0.2) is 4.98 Å². The lowest BCUT2D eigenvalue weighted by Gasteiger charge is -2.26. The molecular formula is C12H19N5. The van der Waals surface area contributed by atoms with E-state index in [1.807, 2.05) is 17.5 Å². The third kappa shape index (κ3) is 2.38. The van der Waals surface area contributed by atoms with Crippen LogP contribution in [0.4, 0.5) is 5.82 Å². The maximum absolute atomic E-state index is 4.35. The van der Waals surface area contributed by atoms with Gasteiger partial charge in [0.25, 0.3) is 0 Å². The van der Waals surface area contributed by atoms with Crippen molar-refractivity contribution in [3.63, 3.8) is 0 Å². The molecule has 1 N–H and O–H groups in total. The van der Waals surface area contributed by atoms with Crippen molar-refractivity contribution in [3.05, 3.63) is 18.2 Å². The highest BCUT2D eigenvalue weighted by Crippen LogP contribution is 2.20. The molecule has 0 spiro atoms. The molecule has 17 heavy (non-hydrogen) atoms. The second kappa shape index (κ2) is 4.31. The second-order valence-corrected chi connectivity index (χ2v) is 4.98. The first-order valence-corrected chi connectivity index (χ1v) is 5.98. The van der Waals surface area contributed by atoms with Crippen LogP contribution in [0.15, 0.2) is 12.4 Å². The number of hydrogen-bond donors (Lipinski definition) is 1. The number of nitrogens with one attached hydrogen (secondary N) is 1. The van der Waals surface area contributed by atoms with E-state index in [0.29, 0.717) is 0 Å². The van der Waals surface area contributed by atoms with Gasteiger partial charge in [0.05, 0.1) is 0 Å². The van der Waals surface area contributed by atoms with E-state index < -0.39 is 0 Å². The minimum atomic E-state index is 0.0173. The molecule has 2 heterocycles. The summed E-state index contributed by atoms with van der Waals surface area (Å²) in [6, 6.07) is 0. The van der Waals surface area contributed by atoms with Crippen LogP contribution in [0.5, 0.6) is 0 Å². The zero-order chi connectivity index (χ0) is 12.5. The zero-order valence-corrected chi connectivity index (χ0v) is 10.9. The molecule has 0 unspecified atom stereocenters. The Morgan fingerprint density at radius 1 is 1.35 bits per heavy atom. The van der Waals surface area contributed by atoms with E-state index in [-0.39, 0.29) is 5.54 Å². The van der Waals surface area contributed by atoms with Gasteiger partial charge in [-0.2, -0.15) is 0 Å². The van der Waals surface area contributed by atoms with Crippen molar-refractivity contribution in [1.82, 2.24) is 19.6 Å². The summed E-state index contributed by atoms with van der Waals surface area (Å²) in [5.41, 5.74) is 0.804. The van der Waals surface area contributed by atoms with E-state index in [9.17, 15) is 0 Å². The standard InChI is InChI=1S/C12H19N5/c1-5-6-12(3,4)14-10-11-16-15-9(2)17(11)8-7-13-10/h7-8H,5-6H2,1-4H3,(H,13,14). The first-order chi connectivity index (χ1) is 8.03. The average Bonchev–Trinajstić information content (AvgIpc) is 2.61. The van der Waals surface area contributed by atoms with E-state index in [4.69, 9.17) is 0 Å². The average molecular weight is 233 g/mol. The van der Waals surface area contributed by atoms with Crippen molar-refractivity contribution >= 4 is 11.5 Å². The van der Waals surface area contributed by atoms with Crippen LogP contribution < -0.4 is 5.32 Å². The Labute approximate surface area is 101 Å². The summed E-state index contributed by atoms with van der Waals surface area (Å²) in [4.78, 5) is 4.35. The predicted molar refractivity (Wildman–Crippen MR) is 68.1 cm³/mol. The third-order valence-electron chi connectivity index (χ3n) is 2.83. The molecule has 2 rings (SSSR count). The molecule has 5 nitrogen and oxygen atoms in total. The molecular weight excluding hydrogens is 214 g/mol. The quantitative estimate of drug-likeness (QED) is 0.881. The van der Waals surface area contributed by atoms with E-state index >= 15 is 0 Å². The summed E-state index contributed by atoms with van der Waals surface area (Å²) in [6.07, 6.45) is 5.87. The van der Waals surface area contributed by atoms with Gasteiger partial charge in [-0.3, -0.25) is 4.40 Å². The smallest absolute Gasteiger partial charge is 0.203 e. The van der Waals surface area contributed by atoms with Gasteiger partial charge in [0.2, 0.25) is 5.65 Å². The fourth-order valence-corrected chi connectivity index (χ4v) is 2.04. The predicted octanol–water partition coefficient (Wildman–Crippen LogP) is 2.42. The highest BCUT2D eigenvalue weighted by molar-refractivity contribution is 5.62. The zero-order valence-electron chi connectivity index (χ0n) is 10.9. The lowest BCUT2D eigenvalue weighted by molar-refractivity contribution is 0.509. The highest BCUT2D eigenvalue weighted by Gasteiger charge is 2.19. The second-order valence-electron chi connectivity index (χ2n) is 4.98. The summed E-state index contributed by atoms with van der Waals surface area (Å²) in [5.74, 6) is 1.67. The van der Waals surface area contributed by atoms with Crippen LogP contribution in [0.2, 0.25) is 0 Å². The number of aromatic nitrogens is 4. The van der Waals surface area contributed by atoms with Crippen molar-refractivity contribution in [2.75, 3.05) is 5.32 Å². The van der Waals surface area contributed by atoms with Gasteiger partial charge in [-0.05, 0) is 27.2 Å². The topological polar surface area (TPSA) is 55.1 Å². The van der Waals surface area contributed by atoms with Crippen LogP contribution in [0.25, 0.3) is 5.65 Å². The fraction of sp³-hybridized carbons (Fsp3) is 0.583. The van der Waals surface area contributed by atoms with Gasteiger partial charge < -0.3 is 5.32 Å². The van der Waals surface area contributed by atoms with Crippen molar-refractivity contribution in [1.29, 1.82) is 0 Å². The van der Waals surface area contributed by atoms with Gasteiger partial charge >= 0.3 is 0 Å². The Hall–Kier alpha value is -1.65. The molecule has 0 saturated heterocycles. The molecule has 0 radical (unpaired) electrons. The molecule has 0 aliphatic carbocycles. The molecule has 0 amide bonds. The Bertz CT molecular complexity index is 515. The Morgan fingerprint density at radius 2 is 2.12 bits per heavy atom. The molecule has 2 aromatic heterocycles. The van der Waals surface area contributed by atoms with Gasteiger partial charge in [-0.15, -0.1) is 10.2 Å². The summed E-state index contributed by atoms with van der Waals surface area (Å²) in [5, 5.41) is 11.7. The largest absolute Gasteiger partial charge is 0.362 e. The Kier molecular flexibility index (Phi) is 3.00. The first kappa shape index (κ1) is 11.8. The molecule has 0 saturated carbocycles. The van der Waals surface area contributed by atoms with Crippen LogP contribution in [0.3, 0.4) is 0 Å². The van der Waals surface area contributed by atoms with E-state index in [1.165, 1.54) is 0 Å². The Balaban J connectivity index is 2.36. The number of fused-ring (bicyclic) bond motifs is 1. The van der Waals surface area contributed by atoms with Gasteiger partial charge in [0, 0.05) is 17.9 Å². The number of rotatable bonds is 4. The third-order valence-corrected chi connectivity index (χ3v) is 2.83. The normalized spacial score (nSPS) is 12.0.